The third-order valence-electron chi connectivity index (χ3n) is 3.24. The van der Waals surface area contributed by atoms with E-state index in [0.29, 0.717) is 10.6 Å². The van der Waals surface area contributed by atoms with Gasteiger partial charge in [-0.15, -0.1) is 0 Å². The second-order valence-corrected chi connectivity index (χ2v) is 6.18. The number of hydrogen-bond acceptors (Lipinski definition) is 2. The van der Waals surface area contributed by atoms with Crippen molar-refractivity contribution in [3.63, 3.8) is 0 Å². The van der Waals surface area contributed by atoms with Crippen LogP contribution >= 0.6 is 23.4 Å². The third-order valence-corrected chi connectivity index (χ3v) is 4.12. The molecule has 21 heavy (non-hydrogen) atoms. The molecule has 0 aliphatic rings. The molecule has 0 radical (unpaired) electrons. The quantitative estimate of drug-likeness (QED) is 0.866. The van der Waals surface area contributed by atoms with Crippen molar-refractivity contribution in [2.45, 2.75) is 18.7 Å². The molecule has 0 heterocycles. The number of hydrogen-bond donors (Lipinski definition) is 1. The summed E-state index contributed by atoms with van der Waals surface area (Å²) in [6.45, 7) is 1.96. The van der Waals surface area contributed by atoms with Crippen LogP contribution in [0.4, 0.5) is 0 Å². The van der Waals surface area contributed by atoms with E-state index in [1.165, 1.54) is 5.56 Å². The Bertz CT molecular complexity index is 595. The van der Waals surface area contributed by atoms with Crippen molar-refractivity contribution < 1.29 is 4.79 Å². The minimum Gasteiger partial charge on any atom is -0.346 e. The Morgan fingerprint density at radius 2 is 1.76 bits per heavy atom. The van der Waals surface area contributed by atoms with Gasteiger partial charge in [-0.1, -0.05) is 35.9 Å². The number of rotatable bonds is 5. The Hall–Kier alpha value is -1.45. The first kappa shape index (κ1) is 15.9. The van der Waals surface area contributed by atoms with Crippen molar-refractivity contribution in [3.05, 3.63) is 70.2 Å². The largest absolute Gasteiger partial charge is 0.346 e. The van der Waals surface area contributed by atoms with E-state index < -0.39 is 0 Å². The molecule has 0 aromatic heterocycles. The van der Waals surface area contributed by atoms with E-state index in [0.717, 1.165) is 11.3 Å². The van der Waals surface area contributed by atoms with Crippen LogP contribution in [0.25, 0.3) is 0 Å². The highest BCUT2D eigenvalue weighted by molar-refractivity contribution is 7.97. The van der Waals surface area contributed by atoms with Crippen LogP contribution in [-0.4, -0.2) is 12.2 Å². The monoisotopic (exact) mass is 319 g/mol. The van der Waals surface area contributed by atoms with Gasteiger partial charge in [-0.3, -0.25) is 4.79 Å². The van der Waals surface area contributed by atoms with Gasteiger partial charge in [0.2, 0.25) is 0 Å². The summed E-state index contributed by atoms with van der Waals surface area (Å²) in [5, 5.41) is 3.69. The fraction of sp³-hybridized carbons (Fsp3) is 0.235. The lowest BCUT2D eigenvalue weighted by Crippen LogP contribution is -2.26. The zero-order valence-electron chi connectivity index (χ0n) is 12.1. The maximum atomic E-state index is 12.2. The SMILES string of the molecule is CSCc1ccc(C(=O)N[C@H](C)c2ccc(Cl)cc2)cc1. The van der Waals surface area contributed by atoms with Crippen molar-refractivity contribution in [2.75, 3.05) is 6.26 Å². The highest BCUT2D eigenvalue weighted by Crippen LogP contribution is 2.17. The molecule has 0 aliphatic heterocycles. The van der Waals surface area contributed by atoms with Crippen molar-refractivity contribution in [2.24, 2.45) is 0 Å². The van der Waals surface area contributed by atoms with Crippen LogP contribution in [0.2, 0.25) is 5.02 Å². The molecule has 0 saturated carbocycles. The molecule has 110 valence electrons. The van der Waals surface area contributed by atoms with Gasteiger partial charge < -0.3 is 5.32 Å². The van der Waals surface area contributed by atoms with E-state index in [2.05, 4.69) is 11.6 Å². The van der Waals surface area contributed by atoms with Crippen LogP contribution in [0.15, 0.2) is 48.5 Å². The van der Waals surface area contributed by atoms with Gasteiger partial charge in [0.05, 0.1) is 6.04 Å². The highest BCUT2D eigenvalue weighted by Gasteiger charge is 2.11. The molecule has 2 aromatic carbocycles. The summed E-state index contributed by atoms with van der Waals surface area (Å²) in [4.78, 5) is 12.2. The Balaban J connectivity index is 2.01. The lowest BCUT2D eigenvalue weighted by Gasteiger charge is -2.14. The van der Waals surface area contributed by atoms with Crippen LogP contribution in [0.3, 0.4) is 0 Å². The zero-order chi connectivity index (χ0) is 15.2. The zero-order valence-corrected chi connectivity index (χ0v) is 13.7. The normalized spacial score (nSPS) is 12.0. The predicted molar refractivity (Wildman–Crippen MR) is 91.0 cm³/mol. The maximum absolute atomic E-state index is 12.2. The summed E-state index contributed by atoms with van der Waals surface area (Å²) in [5.41, 5.74) is 2.94. The molecule has 0 fully saturated rings. The van der Waals surface area contributed by atoms with Crippen molar-refractivity contribution in [1.29, 1.82) is 0 Å². The van der Waals surface area contributed by atoms with Gasteiger partial charge in [-0.25, -0.2) is 0 Å². The van der Waals surface area contributed by atoms with Gasteiger partial charge in [0.1, 0.15) is 0 Å². The summed E-state index contributed by atoms with van der Waals surface area (Å²) in [7, 11) is 0. The molecular formula is C17H18ClNOS. The lowest BCUT2D eigenvalue weighted by atomic mass is 10.1. The average molecular weight is 320 g/mol. The van der Waals surface area contributed by atoms with Gasteiger partial charge in [0, 0.05) is 16.3 Å². The topological polar surface area (TPSA) is 29.1 Å². The summed E-state index contributed by atoms with van der Waals surface area (Å²) in [6.07, 6.45) is 2.06. The van der Waals surface area contributed by atoms with E-state index in [4.69, 9.17) is 11.6 Å². The summed E-state index contributed by atoms with van der Waals surface area (Å²) >= 11 is 7.64. The van der Waals surface area contributed by atoms with Crippen LogP contribution in [0, 0.1) is 0 Å². The Kier molecular flexibility index (Phi) is 5.71. The number of halogens is 1. The van der Waals surface area contributed by atoms with Crippen LogP contribution < -0.4 is 5.32 Å². The van der Waals surface area contributed by atoms with E-state index >= 15 is 0 Å². The summed E-state index contributed by atoms with van der Waals surface area (Å²) in [6, 6.07) is 15.2. The summed E-state index contributed by atoms with van der Waals surface area (Å²) < 4.78 is 0. The number of nitrogens with one attached hydrogen (secondary N) is 1. The van der Waals surface area contributed by atoms with Gasteiger partial charge in [-0.2, -0.15) is 11.8 Å². The highest BCUT2D eigenvalue weighted by atomic mass is 35.5. The molecule has 0 aliphatic carbocycles. The molecule has 0 saturated heterocycles. The fourth-order valence-corrected chi connectivity index (χ4v) is 2.69. The molecule has 0 unspecified atom stereocenters. The second-order valence-electron chi connectivity index (χ2n) is 4.88. The molecule has 2 aromatic rings. The average Bonchev–Trinajstić information content (AvgIpc) is 2.49. The standard InChI is InChI=1S/C17H18ClNOS/c1-12(14-7-9-16(18)10-8-14)19-17(20)15-5-3-13(4-6-15)11-21-2/h3-10,12H,11H2,1-2H3,(H,19,20)/t12-/m1/s1. The molecule has 4 heteroatoms. The van der Waals surface area contributed by atoms with E-state index in [1.54, 1.807) is 11.8 Å². The molecule has 1 atom stereocenters. The molecular weight excluding hydrogens is 302 g/mol. The number of thioether (sulfide) groups is 1. The number of benzene rings is 2. The maximum Gasteiger partial charge on any atom is 0.251 e. The second kappa shape index (κ2) is 7.53. The van der Waals surface area contributed by atoms with E-state index in [1.807, 2.05) is 55.5 Å². The molecule has 0 spiro atoms. The summed E-state index contributed by atoms with van der Waals surface area (Å²) in [5.74, 6) is 0.899. The van der Waals surface area contributed by atoms with Gasteiger partial charge >= 0.3 is 0 Å². The molecule has 2 nitrogen and oxygen atoms in total. The molecule has 1 amide bonds. The van der Waals surface area contributed by atoms with Gasteiger partial charge in [-0.05, 0) is 48.6 Å². The fourth-order valence-electron chi connectivity index (χ4n) is 2.03. The van der Waals surface area contributed by atoms with E-state index in [9.17, 15) is 4.79 Å². The van der Waals surface area contributed by atoms with E-state index in [-0.39, 0.29) is 11.9 Å². The number of amides is 1. The number of carbonyl (C=O) groups is 1. The van der Waals surface area contributed by atoms with Crippen molar-refractivity contribution in [3.8, 4) is 0 Å². The number of carbonyl (C=O) groups excluding carboxylic acids is 1. The van der Waals surface area contributed by atoms with Gasteiger partial charge in [0.15, 0.2) is 0 Å². The van der Waals surface area contributed by atoms with Crippen LogP contribution in [-0.2, 0) is 5.75 Å². The van der Waals surface area contributed by atoms with Crippen LogP contribution in [0.1, 0.15) is 34.5 Å². The Labute approximate surface area is 134 Å². The van der Waals surface area contributed by atoms with Gasteiger partial charge in [0.25, 0.3) is 5.91 Å². The Morgan fingerprint density at radius 1 is 1.14 bits per heavy atom. The first-order valence-electron chi connectivity index (χ1n) is 6.74. The minimum atomic E-state index is -0.0619. The van der Waals surface area contributed by atoms with Crippen molar-refractivity contribution in [1.82, 2.24) is 5.32 Å². The lowest BCUT2D eigenvalue weighted by molar-refractivity contribution is 0.0940. The van der Waals surface area contributed by atoms with Crippen molar-refractivity contribution >= 4 is 29.3 Å². The predicted octanol–water partition coefficient (Wildman–Crippen LogP) is 4.69. The smallest absolute Gasteiger partial charge is 0.251 e. The molecule has 0 bridgehead atoms. The molecule has 1 N–H and O–H groups in total. The third kappa shape index (κ3) is 4.51. The van der Waals surface area contributed by atoms with Crippen LogP contribution in [0.5, 0.6) is 0 Å². The minimum absolute atomic E-state index is 0.0550. The molecule has 2 rings (SSSR count). The first-order chi connectivity index (χ1) is 10.1. The first-order valence-corrected chi connectivity index (χ1v) is 8.51. The Morgan fingerprint density at radius 3 is 2.33 bits per heavy atom.